The molecule has 1 aromatic heterocycles. The number of nitrogens with one attached hydrogen (secondary N) is 18. The first-order valence-corrected chi connectivity index (χ1v) is 44.1. The summed E-state index contributed by atoms with van der Waals surface area (Å²) >= 11 is 0.607. The topological polar surface area (TPSA) is 807 Å². The van der Waals surface area contributed by atoms with Crippen molar-refractivity contribution in [1.82, 2.24) is 95.4 Å². The highest BCUT2D eigenvalue weighted by molar-refractivity contribution is 8.76. The summed E-state index contributed by atoms with van der Waals surface area (Å²) in [6.07, 6.45) is -5.64. The number of primary amides is 2. The normalized spacial score (nSPS) is 24.1. The van der Waals surface area contributed by atoms with Crippen molar-refractivity contribution in [3.05, 3.63) is 36.0 Å². The zero-order valence-electron chi connectivity index (χ0n) is 70.4. The smallest absolute Gasteiger partial charge is 0.338 e. The van der Waals surface area contributed by atoms with E-state index in [0.29, 0.717) is 56.2 Å². The highest BCUT2D eigenvalue weighted by Gasteiger charge is 2.41. The van der Waals surface area contributed by atoms with Gasteiger partial charge in [0.25, 0.3) is 0 Å². The number of carboxylic acids is 2. The lowest BCUT2D eigenvalue weighted by atomic mass is 10.0. The number of H-pyrrole nitrogens is 1. The number of guanidine groups is 2. The molecule has 2 fully saturated rings. The van der Waals surface area contributed by atoms with Crippen LogP contribution in [0, 0.1) is 11.8 Å². The number of rotatable bonds is 32. The van der Waals surface area contributed by atoms with Crippen LogP contribution < -0.4 is 134 Å². The average Bonchev–Trinajstić information content (AvgIpc) is 1.24. The second-order valence-electron chi connectivity index (χ2n) is 30.7. The molecule has 16 atom stereocenters. The molecule has 700 valence electrons. The molecule has 126 heavy (non-hydrogen) atoms. The Morgan fingerprint density at radius 2 is 0.937 bits per heavy atom. The Morgan fingerprint density at radius 1 is 0.508 bits per heavy atom. The number of fused-ring (bicyclic) bond motifs is 10. The Labute approximate surface area is 736 Å². The molecule has 2 aromatic rings. The SMILES string of the molecule is CCCC[C@@H]1NC(=O)[C@H](CO)NC(=O)[C@@H]2CSSC[C@@H](C(=O)N[C@@H](Cc3c[nH]c4ccccc34)C(=O)N[C@@H](CCC(N)=O)C(N)=O)NC(=O)[C@H](CC(C)C)NC(=O)[C@@H]([C@H](C)O)NC(=O)[C@H](CC(=O)[O-])NC(=O)[C@H](CO)NC(=O)[C@H](CCCNC(N)=[NH2+])NC(=O)[C@H](CSCC(=O)N[C@@H](CCCNC(N)=[NH2+])C(=O)N2)NC(=O)[C@H](CC(C)C)NC(=O)[C@H](CC(=O)[O-])NC1=O. The lowest BCUT2D eigenvalue weighted by Gasteiger charge is -2.29. The van der Waals surface area contributed by atoms with Gasteiger partial charge in [-0.2, -0.15) is 0 Å². The second-order valence-corrected chi connectivity index (χ2v) is 34.2. The summed E-state index contributed by atoms with van der Waals surface area (Å²) in [5.41, 5.74) is 23.3. The van der Waals surface area contributed by atoms with Crippen molar-refractivity contribution < 1.29 is 127 Å². The predicted octanol–water partition coefficient (Wildman–Crippen LogP) is -15.3. The van der Waals surface area contributed by atoms with Gasteiger partial charge in [-0.25, -0.2) is 0 Å². The molecular formula is C75H118N24O24S3. The van der Waals surface area contributed by atoms with Crippen molar-refractivity contribution in [3.63, 3.8) is 0 Å². The molecule has 4 rings (SSSR count). The van der Waals surface area contributed by atoms with Crippen LogP contribution in [0.15, 0.2) is 30.5 Å². The van der Waals surface area contributed by atoms with E-state index in [4.69, 9.17) is 33.8 Å². The monoisotopic (exact) mass is 1830 g/mol. The Morgan fingerprint density at radius 3 is 1.44 bits per heavy atom. The summed E-state index contributed by atoms with van der Waals surface area (Å²) in [6.45, 7) is 6.28. The minimum atomic E-state index is -2.30. The molecule has 17 amide bonds. The molecule has 0 spiro atoms. The van der Waals surface area contributed by atoms with Crippen LogP contribution in [-0.4, -0.2) is 291 Å². The summed E-state index contributed by atoms with van der Waals surface area (Å²) in [7, 11) is 1.36. The van der Waals surface area contributed by atoms with Gasteiger partial charge >= 0.3 is 11.9 Å². The van der Waals surface area contributed by atoms with Crippen LogP contribution in [0.5, 0.6) is 0 Å². The highest BCUT2D eigenvalue weighted by Crippen LogP contribution is 2.25. The van der Waals surface area contributed by atoms with E-state index in [0.717, 1.165) is 6.92 Å². The van der Waals surface area contributed by atoms with E-state index in [1.54, 1.807) is 58.9 Å². The molecule has 33 N–H and O–H groups in total. The molecule has 2 bridgehead atoms. The fourth-order valence-electron chi connectivity index (χ4n) is 12.6. The zero-order valence-corrected chi connectivity index (χ0v) is 72.9. The molecule has 0 aliphatic carbocycles. The van der Waals surface area contributed by atoms with Gasteiger partial charge in [0.1, 0.15) is 90.6 Å². The van der Waals surface area contributed by atoms with Crippen LogP contribution in [0.3, 0.4) is 0 Å². The van der Waals surface area contributed by atoms with Crippen LogP contribution in [0.1, 0.15) is 131 Å². The van der Waals surface area contributed by atoms with Crippen LogP contribution in [0.4, 0.5) is 0 Å². The zero-order chi connectivity index (χ0) is 94.2. The third-order valence-corrected chi connectivity index (χ3v) is 22.6. The first kappa shape index (κ1) is 106. The fraction of sp³-hybridized carbons (Fsp3) is 0.613. The van der Waals surface area contributed by atoms with Crippen LogP contribution in [0.25, 0.3) is 10.9 Å². The molecule has 0 radical (unpaired) electrons. The number of carbonyl (C=O) groups excluding carboxylic acids is 19. The van der Waals surface area contributed by atoms with Gasteiger partial charge in [-0.3, -0.25) is 114 Å². The van der Waals surface area contributed by atoms with Gasteiger partial charge in [0, 0.05) is 72.0 Å². The number of aliphatic hydroxyl groups excluding tert-OH is 3. The molecule has 1 aromatic carbocycles. The number of para-hydroxylation sites is 1. The summed E-state index contributed by atoms with van der Waals surface area (Å²) < 4.78 is 0. The van der Waals surface area contributed by atoms with Crippen molar-refractivity contribution in [2.75, 3.05) is 49.3 Å². The standard InChI is InChI=1S/C75H118N24O24S3/c1-7-8-14-42-61(111)91-47(25-56(105)106)66(116)89-44(22-34(2)3)63(113)96-51-30-124-33-55(104)85-41(16-11-20-82-74(78)79)60(110)97-53(72(122)95-49(28-100)68(118)87-42)32-126-125-31-52(71(121)90-46(24-37-27-84-39-15-10-9-13-38(37)39)65(115)86-40(59(77)109)18-19-54(76)103)98-64(114)45(23-35(4)5)93-73(123)58(36(6)102)99-67(117)48(26-57(107)108)92-69(119)50(29-101)94-62(112)43(88-70(51)120)17-12-21-83-75(80)81/h9-10,13,15,27,34-36,40-53,58,84,100-102H,7-8,11-12,14,16-26,28-33H2,1-6H3,(H2,76,103)(H2,77,109)(H,85,104)(H,86,115)(H,87,118)(H,88,120)(H,89,116)(H,90,121)(H,91,111)(H,92,119)(H,93,123)(H,94,112)(H,95,122)(H,96,113)(H,97,110)(H,98,114)(H,99,117)(H,105,106)(H,107,108)(H4,78,79,82)(H4,80,81,83)/t36-,40-,41-,42-,43-,44-,45-,46-,47-,48-,49-,50-,51-,52-,53-,58+/m0/s1. The number of benzene rings is 1. The third-order valence-electron chi connectivity index (χ3n) is 19.2. The maximum absolute atomic E-state index is 15.3. The number of carbonyl (C=O) groups is 19. The van der Waals surface area contributed by atoms with Gasteiger partial charge in [-0.05, 0) is 81.8 Å². The number of aliphatic hydroxyl groups is 3. The predicted molar refractivity (Wildman–Crippen MR) is 451 cm³/mol. The van der Waals surface area contributed by atoms with Gasteiger partial charge in [0.2, 0.25) is 100 Å². The number of nitrogens with two attached hydrogens (primary N) is 6. The van der Waals surface area contributed by atoms with Crippen LogP contribution in [0.2, 0.25) is 0 Å². The van der Waals surface area contributed by atoms with E-state index in [-0.39, 0.29) is 76.4 Å². The first-order chi connectivity index (χ1) is 59.4. The molecule has 0 unspecified atom stereocenters. The molecule has 3 heterocycles. The van der Waals surface area contributed by atoms with Crippen LogP contribution >= 0.6 is 33.3 Å². The summed E-state index contributed by atoms with van der Waals surface area (Å²) in [5.74, 6) is -29.1. The van der Waals surface area contributed by atoms with Crippen molar-refractivity contribution in [3.8, 4) is 0 Å². The Balaban J connectivity index is 2.12. The second kappa shape index (κ2) is 54.1. The number of aliphatic carboxylic acids is 2. The maximum atomic E-state index is 15.3. The third kappa shape index (κ3) is 37.5. The van der Waals surface area contributed by atoms with Gasteiger partial charge in [-0.1, -0.05) is 87.2 Å². The van der Waals surface area contributed by atoms with E-state index in [9.17, 15) is 92.7 Å². The Kier molecular flexibility index (Phi) is 45.8. The summed E-state index contributed by atoms with van der Waals surface area (Å²) in [4.78, 5) is 273. The highest BCUT2D eigenvalue weighted by atomic mass is 33.1. The van der Waals surface area contributed by atoms with Crippen molar-refractivity contribution in [2.45, 2.75) is 228 Å². The molecule has 2 aliphatic heterocycles. The number of hydrogen-bond donors (Lipinski definition) is 27. The number of unbranched alkanes of at least 4 members (excludes halogenated alkanes) is 1. The molecule has 0 saturated carbocycles. The lowest BCUT2D eigenvalue weighted by molar-refractivity contribution is -0.307. The van der Waals surface area contributed by atoms with Crippen molar-refractivity contribution in [2.24, 2.45) is 34.8 Å². The van der Waals surface area contributed by atoms with E-state index >= 15 is 24.0 Å². The average molecular weight is 1840 g/mol. The Bertz CT molecular complexity index is 4200. The van der Waals surface area contributed by atoms with Gasteiger partial charge < -0.3 is 131 Å². The van der Waals surface area contributed by atoms with Gasteiger partial charge in [-0.15, -0.1) is 11.8 Å². The van der Waals surface area contributed by atoms with E-state index in [2.05, 4.69) is 90.1 Å². The van der Waals surface area contributed by atoms with Gasteiger partial charge in [0.05, 0.1) is 38.2 Å². The number of amides is 17. The number of aromatic nitrogens is 1. The molecule has 2 aliphatic rings. The minimum absolute atomic E-state index is 0.0318. The Hall–Kier alpha value is -11.8. The van der Waals surface area contributed by atoms with Crippen LogP contribution in [-0.2, 0) is 97.5 Å². The lowest BCUT2D eigenvalue weighted by Crippen LogP contribution is -2.63. The number of aromatic amines is 1. The number of carboxylic acid groups (broad SMARTS) is 2. The van der Waals surface area contributed by atoms with E-state index < -0.39 is 289 Å². The van der Waals surface area contributed by atoms with E-state index in [1.165, 1.54) is 6.20 Å². The molecule has 48 nitrogen and oxygen atoms in total. The largest absolute Gasteiger partial charge is 0.550 e. The van der Waals surface area contributed by atoms with E-state index in [1.807, 2.05) is 5.32 Å². The molecule has 2 saturated heterocycles. The number of thioether (sulfide) groups is 1. The van der Waals surface area contributed by atoms with Crippen molar-refractivity contribution >= 4 is 169 Å². The summed E-state index contributed by atoms with van der Waals surface area (Å²) in [6, 6.07) is -21.8. The first-order valence-electron chi connectivity index (χ1n) is 40.5. The maximum Gasteiger partial charge on any atom is 0.338 e. The molecule has 51 heteroatoms. The van der Waals surface area contributed by atoms with Crippen molar-refractivity contribution in [1.29, 1.82) is 0 Å². The number of hydrogen-bond acceptors (Lipinski definition) is 27. The fourth-order valence-corrected chi connectivity index (χ4v) is 15.8. The molecular weight excluding hydrogens is 1720 g/mol. The summed E-state index contributed by atoms with van der Waals surface area (Å²) in [5, 5.41) is 110. The minimum Gasteiger partial charge on any atom is -0.550 e. The van der Waals surface area contributed by atoms with Gasteiger partial charge in [0.15, 0.2) is 0 Å². The quantitative estimate of drug-likeness (QED) is 0.0140.